The lowest BCUT2D eigenvalue weighted by atomic mass is 10.1. The lowest BCUT2D eigenvalue weighted by molar-refractivity contribution is -0.388. The van der Waals surface area contributed by atoms with E-state index in [4.69, 9.17) is 4.42 Å². The summed E-state index contributed by atoms with van der Waals surface area (Å²) >= 11 is 2.98. The highest BCUT2D eigenvalue weighted by Gasteiger charge is 2.38. The number of amides is 1. The van der Waals surface area contributed by atoms with Gasteiger partial charge in [-0.25, -0.2) is 0 Å². The molecule has 0 aliphatic carbocycles. The van der Waals surface area contributed by atoms with Crippen molar-refractivity contribution in [3.8, 4) is 0 Å². The normalized spacial score (nSPS) is 11.3. The van der Waals surface area contributed by atoms with Crippen molar-refractivity contribution in [1.29, 1.82) is 0 Å². The number of furan rings is 1. The van der Waals surface area contributed by atoms with Gasteiger partial charge in [-0.1, -0.05) is 0 Å². The largest absolute Gasteiger partial charge is 0.444 e. The van der Waals surface area contributed by atoms with Crippen molar-refractivity contribution in [3.63, 3.8) is 0 Å². The second-order valence-electron chi connectivity index (χ2n) is 4.04. The van der Waals surface area contributed by atoms with E-state index in [0.29, 0.717) is 12.1 Å². The van der Waals surface area contributed by atoms with Crippen LogP contribution in [0, 0.1) is 10.1 Å². The van der Waals surface area contributed by atoms with E-state index in [1.165, 1.54) is 12.1 Å². The zero-order valence-corrected chi connectivity index (χ0v) is 12.1. The predicted octanol–water partition coefficient (Wildman–Crippen LogP) is 4.22. The lowest BCUT2D eigenvalue weighted by Crippen LogP contribution is -2.13. The van der Waals surface area contributed by atoms with Crippen LogP contribution >= 0.6 is 15.9 Å². The van der Waals surface area contributed by atoms with Crippen LogP contribution in [0.1, 0.15) is 16.1 Å². The van der Waals surface area contributed by atoms with Crippen molar-refractivity contribution in [1.82, 2.24) is 0 Å². The molecular formula is C12H6BrF3N2O4. The summed E-state index contributed by atoms with van der Waals surface area (Å²) in [5.41, 5.74) is -2.78. The Morgan fingerprint density at radius 2 is 1.95 bits per heavy atom. The second-order valence-corrected chi connectivity index (χ2v) is 4.83. The first-order valence-electron chi connectivity index (χ1n) is 5.61. The summed E-state index contributed by atoms with van der Waals surface area (Å²) in [5, 5.41) is 12.8. The molecule has 0 atom stereocenters. The molecular weight excluding hydrogens is 373 g/mol. The molecule has 0 fully saturated rings. The maximum atomic E-state index is 12.8. The van der Waals surface area contributed by atoms with Crippen LogP contribution in [0.15, 0.2) is 39.4 Å². The van der Waals surface area contributed by atoms with Crippen molar-refractivity contribution in [2.75, 3.05) is 5.32 Å². The lowest BCUT2D eigenvalue weighted by Gasteiger charge is -2.10. The van der Waals surface area contributed by atoms with Gasteiger partial charge in [0.1, 0.15) is 5.56 Å². The number of hydrogen-bond donors (Lipinski definition) is 1. The Bertz CT molecular complexity index is 742. The molecule has 0 spiro atoms. The number of carbonyl (C=O) groups excluding carboxylic acids is 1. The third kappa shape index (κ3) is 3.45. The van der Waals surface area contributed by atoms with E-state index >= 15 is 0 Å². The molecule has 0 aliphatic rings. The van der Waals surface area contributed by atoms with Crippen molar-refractivity contribution in [2.24, 2.45) is 0 Å². The maximum absolute atomic E-state index is 12.8. The fourth-order valence-electron chi connectivity index (χ4n) is 1.63. The van der Waals surface area contributed by atoms with Gasteiger partial charge in [0.25, 0.3) is 11.6 Å². The molecule has 6 nitrogen and oxygen atoms in total. The fourth-order valence-corrected chi connectivity index (χ4v) is 1.94. The summed E-state index contributed by atoms with van der Waals surface area (Å²) in [6, 6.07) is 4.93. The van der Waals surface area contributed by atoms with E-state index in [-0.39, 0.29) is 16.1 Å². The standard InChI is InChI=1S/C12H6BrF3N2O4/c13-10-4-3-9(22-10)11(19)17-6-1-2-8(18(20)21)7(5-6)12(14,15)16/h1-5H,(H,17,19). The van der Waals surface area contributed by atoms with Gasteiger partial charge in [0.05, 0.1) is 4.92 Å². The summed E-state index contributed by atoms with van der Waals surface area (Å²) < 4.78 is 43.7. The predicted molar refractivity (Wildman–Crippen MR) is 72.5 cm³/mol. The third-order valence-corrected chi connectivity index (χ3v) is 2.98. The molecule has 0 unspecified atom stereocenters. The molecule has 0 saturated carbocycles. The smallest absolute Gasteiger partial charge is 0.423 e. The highest BCUT2D eigenvalue weighted by molar-refractivity contribution is 9.10. The first-order chi connectivity index (χ1) is 10.2. The molecule has 1 heterocycles. The van der Waals surface area contributed by atoms with E-state index in [1.807, 2.05) is 0 Å². The SMILES string of the molecule is O=C(Nc1ccc([N+](=O)[O-])c(C(F)(F)F)c1)c1ccc(Br)o1. The number of benzene rings is 1. The Morgan fingerprint density at radius 3 is 2.45 bits per heavy atom. The van der Waals surface area contributed by atoms with Crippen LogP contribution in [0.2, 0.25) is 0 Å². The zero-order valence-electron chi connectivity index (χ0n) is 10.5. The number of nitro groups is 1. The Hall–Kier alpha value is -2.36. The summed E-state index contributed by atoms with van der Waals surface area (Å²) in [4.78, 5) is 21.2. The monoisotopic (exact) mass is 378 g/mol. The van der Waals surface area contributed by atoms with Crippen LogP contribution in [0.4, 0.5) is 24.5 Å². The minimum absolute atomic E-state index is 0.126. The molecule has 10 heteroatoms. The van der Waals surface area contributed by atoms with Gasteiger partial charge in [0.2, 0.25) is 0 Å². The molecule has 0 bridgehead atoms. The van der Waals surface area contributed by atoms with Crippen LogP contribution in [-0.4, -0.2) is 10.8 Å². The fraction of sp³-hybridized carbons (Fsp3) is 0.0833. The maximum Gasteiger partial charge on any atom is 0.423 e. The van der Waals surface area contributed by atoms with Crippen LogP contribution in [0.25, 0.3) is 0 Å². The summed E-state index contributed by atoms with van der Waals surface area (Å²) in [5.74, 6) is -0.911. The molecule has 22 heavy (non-hydrogen) atoms. The molecule has 2 aromatic rings. The molecule has 0 saturated heterocycles. The number of alkyl halides is 3. The Morgan fingerprint density at radius 1 is 1.27 bits per heavy atom. The molecule has 0 radical (unpaired) electrons. The van der Waals surface area contributed by atoms with E-state index in [1.54, 1.807) is 0 Å². The summed E-state index contributed by atoms with van der Waals surface area (Å²) in [7, 11) is 0. The van der Waals surface area contributed by atoms with Crippen molar-refractivity contribution in [2.45, 2.75) is 6.18 Å². The molecule has 1 amide bonds. The first-order valence-corrected chi connectivity index (χ1v) is 6.40. The summed E-state index contributed by atoms with van der Waals surface area (Å²) in [6.07, 6.45) is -4.92. The van der Waals surface area contributed by atoms with Crippen LogP contribution in [-0.2, 0) is 6.18 Å². The van der Waals surface area contributed by atoms with Crippen molar-refractivity contribution in [3.05, 3.63) is 56.4 Å². The zero-order chi connectivity index (χ0) is 16.5. The average molecular weight is 379 g/mol. The van der Waals surface area contributed by atoms with Gasteiger partial charge in [0.15, 0.2) is 10.4 Å². The number of hydrogen-bond acceptors (Lipinski definition) is 4. The quantitative estimate of drug-likeness (QED) is 0.639. The molecule has 0 aliphatic heterocycles. The van der Waals surface area contributed by atoms with Gasteiger partial charge in [-0.05, 0) is 40.2 Å². The van der Waals surface area contributed by atoms with Crippen LogP contribution in [0.5, 0.6) is 0 Å². The van der Waals surface area contributed by atoms with Gasteiger partial charge in [-0.3, -0.25) is 14.9 Å². The number of halogens is 4. The highest BCUT2D eigenvalue weighted by atomic mass is 79.9. The number of rotatable bonds is 3. The number of nitrogens with one attached hydrogen (secondary N) is 1. The van der Waals surface area contributed by atoms with E-state index < -0.39 is 28.3 Å². The van der Waals surface area contributed by atoms with Crippen molar-refractivity contribution < 1.29 is 27.3 Å². The topological polar surface area (TPSA) is 85.4 Å². The minimum Gasteiger partial charge on any atom is -0.444 e. The Labute approximate surface area is 129 Å². The molecule has 116 valence electrons. The van der Waals surface area contributed by atoms with E-state index in [0.717, 1.165) is 6.07 Å². The molecule has 1 N–H and O–H groups in total. The Balaban J connectivity index is 2.33. The van der Waals surface area contributed by atoms with Gasteiger partial charge >= 0.3 is 6.18 Å². The van der Waals surface area contributed by atoms with Crippen LogP contribution < -0.4 is 5.32 Å². The Kier molecular flexibility index (Phi) is 4.22. The van der Waals surface area contributed by atoms with E-state index in [9.17, 15) is 28.1 Å². The molecule has 2 rings (SSSR count). The van der Waals surface area contributed by atoms with Gasteiger partial charge in [0, 0.05) is 11.8 Å². The molecule has 1 aromatic heterocycles. The van der Waals surface area contributed by atoms with Gasteiger partial charge < -0.3 is 9.73 Å². The first kappa shape index (κ1) is 16.0. The van der Waals surface area contributed by atoms with Crippen LogP contribution in [0.3, 0.4) is 0 Å². The second kappa shape index (κ2) is 5.79. The third-order valence-electron chi connectivity index (χ3n) is 2.55. The number of nitro benzene ring substituents is 1. The highest BCUT2D eigenvalue weighted by Crippen LogP contribution is 2.37. The minimum atomic E-state index is -4.92. The van der Waals surface area contributed by atoms with Crippen molar-refractivity contribution >= 4 is 33.2 Å². The number of anilines is 1. The number of nitrogens with zero attached hydrogens (tertiary/aromatic N) is 1. The van der Waals surface area contributed by atoms with E-state index in [2.05, 4.69) is 21.2 Å². The molecule has 1 aromatic carbocycles. The van der Waals surface area contributed by atoms with Gasteiger partial charge in [-0.15, -0.1) is 0 Å². The number of carbonyl (C=O) groups is 1. The van der Waals surface area contributed by atoms with Gasteiger partial charge in [-0.2, -0.15) is 13.2 Å². The average Bonchev–Trinajstić information content (AvgIpc) is 2.84. The summed E-state index contributed by atoms with van der Waals surface area (Å²) in [6.45, 7) is 0.